The van der Waals surface area contributed by atoms with Crippen LogP contribution >= 0.6 is 0 Å². The van der Waals surface area contributed by atoms with Gasteiger partial charge in [0.05, 0.1) is 19.8 Å². The average molecular weight is 359 g/mol. The van der Waals surface area contributed by atoms with Gasteiger partial charge in [-0.3, -0.25) is 4.79 Å². The number of halogens is 1. The van der Waals surface area contributed by atoms with E-state index < -0.39 is 6.10 Å². The molecule has 0 aliphatic heterocycles. The molecule has 0 aromatic heterocycles. The van der Waals surface area contributed by atoms with Crippen molar-refractivity contribution in [2.45, 2.75) is 31.8 Å². The summed E-state index contributed by atoms with van der Waals surface area (Å²) in [5.41, 5.74) is 1.68. The standard InChI is InChI=1S/C21H26FNO3/c1-4-15(16-5-9-18(22)10-6-16)13-21(25)23(2)14-20(24)17-7-11-19(26-3)12-8-17/h5-12,15,20,24H,4,13-14H2,1-3H3. The number of methoxy groups -OCH3 is 1. The van der Waals surface area contributed by atoms with E-state index in [0.717, 1.165) is 23.3 Å². The number of carbonyl (C=O) groups excluding carboxylic acids is 1. The van der Waals surface area contributed by atoms with E-state index in [0.29, 0.717) is 6.42 Å². The predicted molar refractivity (Wildman–Crippen MR) is 99.6 cm³/mol. The molecule has 140 valence electrons. The Morgan fingerprint density at radius 3 is 2.23 bits per heavy atom. The Bertz CT molecular complexity index is 700. The zero-order chi connectivity index (χ0) is 19.1. The normalized spacial score (nSPS) is 13.1. The number of amides is 1. The number of benzene rings is 2. The average Bonchev–Trinajstić information content (AvgIpc) is 2.66. The van der Waals surface area contributed by atoms with Crippen molar-refractivity contribution in [1.29, 1.82) is 0 Å². The molecule has 2 aromatic carbocycles. The van der Waals surface area contributed by atoms with E-state index in [9.17, 15) is 14.3 Å². The largest absolute Gasteiger partial charge is 0.497 e. The minimum atomic E-state index is -0.763. The summed E-state index contributed by atoms with van der Waals surface area (Å²) in [5, 5.41) is 10.4. The maximum atomic E-state index is 13.1. The van der Waals surface area contributed by atoms with Gasteiger partial charge in [0.25, 0.3) is 0 Å². The second kappa shape index (κ2) is 9.34. The summed E-state index contributed by atoms with van der Waals surface area (Å²) in [6, 6.07) is 13.4. The second-order valence-electron chi connectivity index (χ2n) is 6.42. The van der Waals surface area contributed by atoms with E-state index in [1.54, 1.807) is 55.5 Å². The van der Waals surface area contributed by atoms with Crippen molar-refractivity contribution in [3.63, 3.8) is 0 Å². The monoisotopic (exact) mass is 359 g/mol. The third kappa shape index (κ3) is 5.30. The molecule has 0 heterocycles. The minimum absolute atomic E-state index is 0.0312. The van der Waals surface area contributed by atoms with E-state index in [4.69, 9.17) is 4.74 Å². The van der Waals surface area contributed by atoms with Crippen LogP contribution in [0.4, 0.5) is 4.39 Å². The lowest BCUT2D eigenvalue weighted by Crippen LogP contribution is -2.32. The molecule has 0 saturated heterocycles. The van der Waals surface area contributed by atoms with Crippen LogP contribution < -0.4 is 4.74 Å². The van der Waals surface area contributed by atoms with Crippen LogP contribution in [0.1, 0.15) is 42.9 Å². The fraction of sp³-hybridized carbons (Fsp3) is 0.381. The highest BCUT2D eigenvalue weighted by Gasteiger charge is 2.20. The minimum Gasteiger partial charge on any atom is -0.497 e. The molecule has 4 nitrogen and oxygen atoms in total. The molecule has 2 aromatic rings. The quantitative estimate of drug-likeness (QED) is 0.777. The van der Waals surface area contributed by atoms with Crippen LogP contribution in [0, 0.1) is 5.82 Å². The lowest BCUT2D eigenvalue weighted by Gasteiger charge is -2.24. The molecule has 0 radical (unpaired) electrons. The molecule has 5 heteroatoms. The van der Waals surface area contributed by atoms with Crippen molar-refractivity contribution in [1.82, 2.24) is 4.90 Å². The van der Waals surface area contributed by atoms with Gasteiger partial charge in [-0.2, -0.15) is 0 Å². The van der Waals surface area contributed by atoms with E-state index in [1.807, 2.05) is 6.92 Å². The van der Waals surface area contributed by atoms with Crippen molar-refractivity contribution in [3.05, 3.63) is 65.5 Å². The summed E-state index contributed by atoms with van der Waals surface area (Å²) >= 11 is 0. The first-order valence-corrected chi connectivity index (χ1v) is 8.76. The topological polar surface area (TPSA) is 49.8 Å². The first-order chi connectivity index (χ1) is 12.4. The van der Waals surface area contributed by atoms with Crippen molar-refractivity contribution < 1.29 is 19.0 Å². The van der Waals surface area contributed by atoms with Gasteiger partial charge in [-0.15, -0.1) is 0 Å². The molecule has 0 fully saturated rings. The second-order valence-corrected chi connectivity index (χ2v) is 6.42. The van der Waals surface area contributed by atoms with Gasteiger partial charge in [0, 0.05) is 13.5 Å². The Kier molecular flexibility index (Phi) is 7.16. The lowest BCUT2D eigenvalue weighted by molar-refractivity contribution is -0.131. The number of ether oxygens (including phenoxy) is 1. The van der Waals surface area contributed by atoms with Crippen molar-refractivity contribution in [3.8, 4) is 5.75 Å². The van der Waals surface area contributed by atoms with E-state index in [2.05, 4.69) is 0 Å². The summed E-state index contributed by atoms with van der Waals surface area (Å²) < 4.78 is 18.2. The fourth-order valence-electron chi connectivity index (χ4n) is 2.89. The Balaban J connectivity index is 1.95. The SMILES string of the molecule is CCC(CC(=O)N(C)CC(O)c1ccc(OC)cc1)c1ccc(F)cc1. The summed E-state index contributed by atoms with van der Waals surface area (Å²) in [4.78, 5) is 14.1. The van der Waals surface area contributed by atoms with Gasteiger partial charge in [-0.05, 0) is 47.7 Å². The van der Waals surface area contributed by atoms with Gasteiger partial charge in [0.15, 0.2) is 0 Å². The van der Waals surface area contributed by atoms with Crippen LogP contribution in [0.15, 0.2) is 48.5 Å². The molecular formula is C21H26FNO3. The number of likely N-dealkylation sites (N-methyl/N-ethyl adjacent to an activating group) is 1. The lowest BCUT2D eigenvalue weighted by atomic mass is 9.92. The fourth-order valence-corrected chi connectivity index (χ4v) is 2.89. The number of aliphatic hydroxyl groups is 1. The van der Waals surface area contributed by atoms with E-state index >= 15 is 0 Å². The first kappa shape index (κ1) is 19.9. The molecule has 2 rings (SSSR count). The number of carbonyl (C=O) groups is 1. The molecule has 0 aliphatic rings. The molecule has 0 aliphatic carbocycles. The highest BCUT2D eigenvalue weighted by Crippen LogP contribution is 2.25. The van der Waals surface area contributed by atoms with Gasteiger partial charge in [0.1, 0.15) is 11.6 Å². The highest BCUT2D eigenvalue weighted by molar-refractivity contribution is 5.76. The highest BCUT2D eigenvalue weighted by atomic mass is 19.1. The Morgan fingerprint density at radius 2 is 1.69 bits per heavy atom. The smallest absolute Gasteiger partial charge is 0.223 e. The molecule has 1 N–H and O–H groups in total. The molecule has 0 spiro atoms. The Morgan fingerprint density at radius 1 is 1.12 bits per heavy atom. The molecule has 2 unspecified atom stereocenters. The molecular weight excluding hydrogens is 333 g/mol. The summed E-state index contributed by atoms with van der Waals surface area (Å²) in [6.07, 6.45) is 0.348. The van der Waals surface area contributed by atoms with Crippen LogP contribution in [0.3, 0.4) is 0 Å². The molecule has 2 atom stereocenters. The number of hydrogen-bond donors (Lipinski definition) is 1. The van der Waals surface area contributed by atoms with Crippen LogP contribution in [0.2, 0.25) is 0 Å². The predicted octanol–water partition coefficient (Wildman–Crippen LogP) is 3.91. The van der Waals surface area contributed by atoms with Gasteiger partial charge in [0.2, 0.25) is 5.91 Å². The van der Waals surface area contributed by atoms with Crippen molar-refractivity contribution in [2.75, 3.05) is 20.7 Å². The third-order valence-corrected chi connectivity index (χ3v) is 4.63. The van der Waals surface area contributed by atoms with Crippen LogP contribution in [-0.4, -0.2) is 36.6 Å². The maximum absolute atomic E-state index is 13.1. The number of aliphatic hydroxyl groups excluding tert-OH is 1. The molecule has 0 bridgehead atoms. The summed E-state index contributed by atoms with van der Waals surface area (Å²) in [5.74, 6) is 0.419. The summed E-state index contributed by atoms with van der Waals surface area (Å²) in [7, 11) is 3.27. The van der Waals surface area contributed by atoms with Crippen LogP contribution in [-0.2, 0) is 4.79 Å². The van der Waals surface area contributed by atoms with Crippen molar-refractivity contribution in [2.24, 2.45) is 0 Å². The van der Waals surface area contributed by atoms with Gasteiger partial charge < -0.3 is 14.7 Å². The van der Waals surface area contributed by atoms with Gasteiger partial charge in [-0.25, -0.2) is 4.39 Å². The number of hydrogen-bond acceptors (Lipinski definition) is 3. The van der Waals surface area contributed by atoms with Crippen LogP contribution in [0.5, 0.6) is 5.75 Å². The zero-order valence-electron chi connectivity index (χ0n) is 15.5. The van der Waals surface area contributed by atoms with Gasteiger partial charge in [-0.1, -0.05) is 31.2 Å². The third-order valence-electron chi connectivity index (χ3n) is 4.63. The molecule has 1 amide bonds. The maximum Gasteiger partial charge on any atom is 0.223 e. The first-order valence-electron chi connectivity index (χ1n) is 8.76. The van der Waals surface area contributed by atoms with Crippen molar-refractivity contribution >= 4 is 5.91 Å². The number of rotatable bonds is 8. The Hall–Kier alpha value is -2.40. The van der Waals surface area contributed by atoms with Gasteiger partial charge >= 0.3 is 0 Å². The zero-order valence-corrected chi connectivity index (χ0v) is 15.5. The molecule has 26 heavy (non-hydrogen) atoms. The Labute approximate surface area is 154 Å². The summed E-state index contributed by atoms with van der Waals surface area (Å²) in [6.45, 7) is 2.22. The molecule has 0 saturated carbocycles. The van der Waals surface area contributed by atoms with E-state index in [-0.39, 0.29) is 24.2 Å². The van der Waals surface area contributed by atoms with Crippen LogP contribution in [0.25, 0.3) is 0 Å². The van der Waals surface area contributed by atoms with E-state index in [1.165, 1.54) is 12.1 Å². The number of nitrogens with zero attached hydrogens (tertiary/aromatic N) is 1.